The van der Waals surface area contributed by atoms with Crippen LogP contribution in [0.15, 0.2) is 0 Å². The van der Waals surface area contributed by atoms with Crippen molar-refractivity contribution in [1.29, 1.82) is 0 Å². The topological polar surface area (TPSA) is 48.9 Å². The molecule has 1 aromatic rings. The fourth-order valence-corrected chi connectivity index (χ4v) is 5.68. The Morgan fingerprint density at radius 2 is 1.88 bits per heavy atom. The van der Waals surface area contributed by atoms with Gasteiger partial charge in [0.25, 0.3) is 5.91 Å². The Hall–Kier alpha value is -1.18. The first-order chi connectivity index (χ1) is 12.6. The zero-order valence-corrected chi connectivity index (χ0v) is 16.8. The molecule has 0 aromatic carbocycles. The molecule has 3 aliphatic heterocycles. The number of morpholine rings is 1. The third-order valence-corrected chi connectivity index (χ3v) is 7.32. The third kappa shape index (κ3) is 3.49. The fraction of sp³-hybridized carbons (Fsp3) is 0.789. The molecule has 0 spiro atoms. The van der Waals surface area contributed by atoms with Crippen molar-refractivity contribution in [2.75, 3.05) is 51.3 Å². The number of hydrogen-bond donors (Lipinski definition) is 0. The second kappa shape index (κ2) is 7.82. The van der Waals surface area contributed by atoms with Crippen LogP contribution >= 0.6 is 11.3 Å². The highest BCUT2D eigenvalue weighted by molar-refractivity contribution is 7.17. The average molecular weight is 379 g/mol. The number of likely N-dealkylation sites (tertiary alicyclic amines) is 2. The Morgan fingerprint density at radius 1 is 1.08 bits per heavy atom. The van der Waals surface area contributed by atoms with Gasteiger partial charge in [-0.1, -0.05) is 24.2 Å². The van der Waals surface area contributed by atoms with Crippen LogP contribution in [0.25, 0.3) is 0 Å². The van der Waals surface area contributed by atoms with Crippen molar-refractivity contribution in [2.45, 2.75) is 51.1 Å². The fourth-order valence-electron chi connectivity index (χ4n) is 4.61. The van der Waals surface area contributed by atoms with Gasteiger partial charge in [-0.25, -0.2) is 4.98 Å². The van der Waals surface area contributed by atoms with E-state index >= 15 is 0 Å². The number of hydrogen-bond acceptors (Lipinski definition) is 6. The normalized spacial score (nSPS) is 27.9. The number of rotatable bonds is 2. The number of carbonyl (C=O) groups is 1. The molecule has 0 unspecified atom stereocenters. The lowest BCUT2D eigenvalue weighted by atomic mass is 9.97. The van der Waals surface area contributed by atoms with Gasteiger partial charge in [0.1, 0.15) is 4.88 Å². The Kier molecular flexibility index (Phi) is 5.47. The SMILES string of the molecule is Cc1nc(N2CCOCC2)sc1C(=O)N1CC[C@H]2[C@H]1CCCCCN2C. The molecule has 6 nitrogen and oxygen atoms in total. The van der Waals surface area contributed by atoms with Gasteiger partial charge >= 0.3 is 0 Å². The third-order valence-electron chi connectivity index (χ3n) is 6.11. The van der Waals surface area contributed by atoms with Gasteiger partial charge in [-0.2, -0.15) is 0 Å². The highest BCUT2D eigenvalue weighted by atomic mass is 32.1. The predicted octanol–water partition coefficient (Wildman–Crippen LogP) is 2.38. The minimum atomic E-state index is 0.195. The second-order valence-corrected chi connectivity index (χ2v) is 8.74. The Labute approximate surface area is 160 Å². The predicted molar refractivity (Wildman–Crippen MR) is 104 cm³/mol. The van der Waals surface area contributed by atoms with Gasteiger partial charge < -0.3 is 19.4 Å². The van der Waals surface area contributed by atoms with E-state index in [0.29, 0.717) is 12.1 Å². The number of amides is 1. The van der Waals surface area contributed by atoms with E-state index < -0.39 is 0 Å². The molecule has 3 fully saturated rings. The monoisotopic (exact) mass is 378 g/mol. The second-order valence-electron chi connectivity index (χ2n) is 7.76. The zero-order chi connectivity index (χ0) is 18.1. The summed E-state index contributed by atoms with van der Waals surface area (Å²) in [5, 5.41) is 0.972. The number of ether oxygens (including phenoxy) is 1. The van der Waals surface area contributed by atoms with Crippen LogP contribution in [-0.2, 0) is 4.74 Å². The summed E-state index contributed by atoms with van der Waals surface area (Å²) in [6, 6.07) is 0.882. The van der Waals surface area contributed by atoms with E-state index in [1.165, 1.54) is 19.3 Å². The summed E-state index contributed by atoms with van der Waals surface area (Å²) in [6.07, 6.45) is 6.02. The van der Waals surface area contributed by atoms with E-state index in [9.17, 15) is 4.79 Å². The molecule has 0 N–H and O–H groups in total. The largest absolute Gasteiger partial charge is 0.378 e. The average Bonchev–Trinajstić information content (AvgIpc) is 3.23. The molecule has 26 heavy (non-hydrogen) atoms. The number of carbonyl (C=O) groups excluding carboxylic acids is 1. The molecule has 1 amide bonds. The molecule has 7 heteroatoms. The Morgan fingerprint density at radius 3 is 2.69 bits per heavy atom. The van der Waals surface area contributed by atoms with Gasteiger partial charge in [-0.05, 0) is 39.8 Å². The summed E-state index contributed by atoms with van der Waals surface area (Å²) < 4.78 is 5.43. The highest BCUT2D eigenvalue weighted by Gasteiger charge is 2.40. The summed E-state index contributed by atoms with van der Waals surface area (Å²) in [5.74, 6) is 0.195. The molecule has 3 saturated heterocycles. The van der Waals surface area contributed by atoms with Crippen molar-refractivity contribution >= 4 is 22.4 Å². The molecule has 144 valence electrons. The first-order valence-corrected chi connectivity index (χ1v) is 10.8. The molecule has 0 radical (unpaired) electrons. The molecule has 0 saturated carbocycles. The van der Waals surface area contributed by atoms with Crippen molar-refractivity contribution in [3.05, 3.63) is 10.6 Å². The molecule has 1 aromatic heterocycles. The molecule has 4 rings (SSSR count). The quantitative estimate of drug-likeness (QED) is 0.791. The minimum Gasteiger partial charge on any atom is -0.378 e. The number of nitrogens with zero attached hydrogens (tertiary/aromatic N) is 4. The molecular weight excluding hydrogens is 348 g/mol. The molecule has 4 heterocycles. The first-order valence-electron chi connectivity index (χ1n) is 9.96. The van der Waals surface area contributed by atoms with E-state index in [2.05, 4.69) is 21.7 Å². The highest BCUT2D eigenvalue weighted by Crippen LogP contribution is 2.33. The lowest BCUT2D eigenvalue weighted by Crippen LogP contribution is -2.46. The lowest BCUT2D eigenvalue weighted by molar-refractivity contribution is 0.0674. The summed E-state index contributed by atoms with van der Waals surface area (Å²) in [7, 11) is 2.23. The molecular formula is C19H30N4O2S. The maximum Gasteiger partial charge on any atom is 0.266 e. The van der Waals surface area contributed by atoms with Crippen LogP contribution in [0, 0.1) is 6.92 Å². The van der Waals surface area contributed by atoms with E-state index in [4.69, 9.17) is 9.72 Å². The molecule has 0 bridgehead atoms. The van der Waals surface area contributed by atoms with E-state index in [0.717, 1.165) is 67.9 Å². The number of aryl methyl sites for hydroxylation is 1. The number of thiazole rings is 1. The van der Waals surface area contributed by atoms with E-state index in [1.807, 2.05) is 6.92 Å². The van der Waals surface area contributed by atoms with Crippen molar-refractivity contribution in [3.63, 3.8) is 0 Å². The maximum absolute atomic E-state index is 13.4. The minimum absolute atomic E-state index is 0.195. The lowest BCUT2D eigenvalue weighted by Gasteiger charge is -2.35. The van der Waals surface area contributed by atoms with E-state index in [-0.39, 0.29) is 5.91 Å². The van der Waals surface area contributed by atoms with Crippen LogP contribution in [0.1, 0.15) is 47.5 Å². The van der Waals surface area contributed by atoms with E-state index in [1.54, 1.807) is 11.3 Å². The first kappa shape index (κ1) is 18.2. The molecule has 3 aliphatic rings. The van der Waals surface area contributed by atoms with Crippen LogP contribution in [0.5, 0.6) is 0 Å². The van der Waals surface area contributed by atoms with Gasteiger partial charge in [0.05, 0.1) is 18.9 Å². The van der Waals surface area contributed by atoms with Crippen molar-refractivity contribution in [1.82, 2.24) is 14.8 Å². The number of fused-ring (bicyclic) bond motifs is 1. The van der Waals surface area contributed by atoms with Gasteiger partial charge in [0.15, 0.2) is 5.13 Å². The van der Waals surface area contributed by atoms with Crippen molar-refractivity contribution < 1.29 is 9.53 Å². The smallest absolute Gasteiger partial charge is 0.266 e. The van der Waals surface area contributed by atoms with Crippen molar-refractivity contribution in [2.24, 2.45) is 0 Å². The summed E-state index contributed by atoms with van der Waals surface area (Å²) in [6.45, 7) is 7.21. The van der Waals surface area contributed by atoms with Gasteiger partial charge in [-0.3, -0.25) is 4.79 Å². The number of anilines is 1. The standard InChI is InChI=1S/C19H30N4O2S/c1-14-17(26-19(20-14)22-10-12-25-13-11-22)18(24)23-9-7-15-16(23)6-4-3-5-8-21(15)2/h15-16H,3-13H2,1-2H3/t15-,16+/m0/s1. The Balaban J connectivity index is 1.52. The van der Waals surface area contributed by atoms with Crippen LogP contribution in [0.3, 0.4) is 0 Å². The van der Waals surface area contributed by atoms with Crippen LogP contribution in [0.4, 0.5) is 5.13 Å². The van der Waals surface area contributed by atoms with Crippen LogP contribution in [0.2, 0.25) is 0 Å². The zero-order valence-electron chi connectivity index (χ0n) is 15.9. The van der Waals surface area contributed by atoms with Gasteiger partial charge in [-0.15, -0.1) is 0 Å². The summed E-state index contributed by atoms with van der Waals surface area (Å²) in [5.41, 5.74) is 0.879. The maximum atomic E-state index is 13.4. The Bertz CT molecular complexity index is 643. The van der Waals surface area contributed by atoms with Crippen LogP contribution in [-0.4, -0.2) is 79.2 Å². The van der Waals surface area contributed by atoms with Gasteiger partial charge in [0.2, 0.25) is 0 Å². The number of aromatic nitrogens is 1. The van der Waals surface area contributed by atoms with Crippen LogP contribution < -0.4 is 4.90 Å². The van der Waals surface area contributed by atoms with Gasteiger partial charge in [0, 0.05) is 31.7 Å². The number of likely N-dealkylation sites (N-methyl/N-ethyl adjacent to an activating group) is 1. The van der Waals surface area contributed by atoms with Crippen molar-refractivity contribution in [3.8, 4) is 0 Å². The summed E-state index contributed by atoms with van der Waals surface area (Å²) >= 11 is 1.56. The molecule has 0 aliphatic carbocycles. The molecule has 2 atom stereocenters. The summed E-state index contributed by atoms with van der Waals surface area (Å²) in [4.78, 5) is 25.8.